The van der Waals surface area contributed by atoms with Crippen molar-refractivity contribution in [1.82, 2.24) is 0 Å². The molecular weight excluding hydrogens is 262 g/mol. The second kappa shape index (κ2) is 5.83. The molecule has 106 valence electrons. The van der Waals surface area contributed by atoms with Crippen LogP contribution in [-0.2, 0) is 14.9 Å². The Kier molecular flexibility index (Phi) is 4.86. The van der Waals surface area contributed by atoms with Crippen LogP contribution in [0.1, 0.15) is 40.2 Å². The van der Waals surface area contributed by atoms with E-state index in [1.54, 1.807) is 0 Å². The molecule has 0 radical (unpaired) electrons. The first-order chi connectivity index (χ1) is 8.68. The highest BCUT2D eigenvalue weighted by Crippen LogP contribution is 2.41. The van der Waals surface area contributed by atoms with E-state index in [-0.39, 0.29) is 16.5 Å². The Bertz CT molecular complexity index is 438. The van der Waals surface area contributed by atoms with E-state index in [0.29, 0.717) is 6.47 Å². The Morgan fingerprint density at radius 1 is 1.32 bits per heavy atom. The summed E-state index contributed by atoms with van der Waals surface area (Å²) in [5.41, 5.74) is 2.21. The number of alkyl halides is 1. The second-order valence-electron chi connectivity index (χ2n) is 6.10. The summed E-state index contributed by atoms with van der Waals surface area (Å²) in [5.74, 6) is 0. The van der Waals surface area contributed by atoms with Crippen molar-refractivity contribution in [1.29, 1.82) is 0 Å². The van der Waals surface area contributed by atoms with Crippen LogP contribution in [0.15, 0.2) is 24.3 Å². The van der Waals surface area contributed by atoms with Crippen LogP contribution >= 0.6 is 11.6 Å². The molecule has 0 saturated heterocycles. The van der Waals surface area contributed by atoms with Gasteiger partial charge < -0.3 is 10.1 Å². The van der Waals surface area contributed by atoms with Gasteiger partial charge in [-0.3, -0.25) is 4.79 Å². The second-order valence-corrected chi connectivity index (χ2v) is 6.54. The van der Waals surface area contributed by atoms with Crippen molar-refractivity contribution in [3.63, 3.8) is 0 Å². The van der Waals surface area contributed by atoms with Gasteiger partial charge in [-0.1, -0.05) is 43.6 Å². The maximum Gasteiger partial charge on any atom is 0.293 e. The zero-order valence-electron chi connectivity index (χ0n) is 12.2. The van der Waals surface area contributed by atoms with E-state index < -0.39 is 0 Å². The third kappa shape index (κ3) is 4.13. The number of hydrogen-bond acceptors (Lipinski definition) is 3. The van der Waals surface area contributed by atoms with Gasteiger partial charge in [0, 0.05) is 11.1 Å². The fraction of sp³-hybridized carbons (Fsp3) is 0.533. The first kappa shape index (κ1) is 15.8. The van der Waals surface area contributed by atoms with Crippen LogP contribution in [0.25, 0.3) is 0 Å². The van der Waals surface area contributed by atoms with Crippen LogP contribution in [0.2, 0.25) is 0 Å². The molecule has 0 bridgehead atoms. The summed E-state index contributed by atoms with van der Waals surface area (Å²) in [7, 11) is 0. The smallest absolute Gasteiger partial charge is 0.293 e. The highest BCUT2D eigenvalue weighted by atomic mass is 35.5. The van der Waals surface area contributed by atoms with E-state index in [1.807, 2.05) is 26.8 Å². The third-order valence-electron chi connectivity index (χ3n) is 2.94. The number of nitrogens with one attached hydrogen (secondary N) is 1. The monoisotopic (exact) mass is 283 g/mol. The van der Waals surface area contributed by atoms with E-state index >= 15 is 0 Å². The van der Waals surface area contributed by atoms with Crippen LogP contribution in [-0.4, -0.2) is 17.6 Å². The summed E-state index contributed by atoms with van der Waals surface area (Å²) in [6.07, 6.45) is 0. The van der Waals surface area contributed by atoms with Gasteiger partial charge in [0.15, 0.2) is 0 Å². The number of benzene rings is 1. The SMILES string of the molecule is CC(C)(C)OC=O.CC1(C)c2ccccc2NC1Cl. The summed E-state index contributed by atoms with van der Waals surface area (Å²) in [4.78, 5) is 9.60. The van der Waals surface area contributed by atoms with E-state index in [2.05, 4.69) is 42.1 Å². The average Bonchev–Trinajstić information content (AvgIpc) is 2.50. The quantitative estimate of drug-likeness (QED) is 0.482. The van der Waals surface area contributed by atoms with Crippen LogP contribution in [0.3, 0.4) is 0 Å². The number of ether oxygens (including phenoxy) is 1. The number of para-hydroxylation sites is 1. The van der Waals surface area contributed by atoms with Crippen molar-refractivity contribution in [2.75, 3.05) is 5.32 Å². The van der Waals surface area contributed by atoms with Gasteiger partial charge in [-0.25, -0.2) is 0 Å². The number of hydrogen-bond donors (Lipinski definition) is 1. The van der Waals surface area contributed by atoms with Gasteiger partial charge in [-0.2, -0.15) is 0 Å². The molecular formula is C15H22ClNO2. The molecule has 1 unspecified atom stereocenters. The minimum atomic E-state index is -0.318. The number of fused-ring (bicyclic) bond motifs is 1. The van der Waals surface area contributed by atoms with Crippen molar-refractivity contribution in [3.8, 4) is 0 Å². The number of anilines is 1. The Balaban J connectivity index is 0.000000224. The molecule has 3 nitrogen and oxygen atoms in total. The minimum absolute atomic E-state index is 0.00917. The summed E-state index contributed by atoms with van der Waals surface area (Å²) in [6, 6.07) is 8.28. The van der Waals surface area contributed by atoms with Crippen LogP contribution in [0.5, 0.6) is 0 Å². The zero-order chi connectivity index (χ0) is 14.7. The lowest BCUT2D eigenvalue weighted by atomic mass is 9.87. The molecule has 2 rings (SSSR count). The lowest BCUT2D eigenvalue weighted by Gasteiger charge is -2.21. The van der Waals surface area contributed by atoms with Crippen molar-refractivity contribution >= 4 is 23.8 Å². The zero-order valence-corrected chi connectivity index (χ0v) is 12.9. The summed E-state index contributed by atoms with van der Waals surface area (Å²) in [6.45, 7) is 10.2. The normalized spacial score (nSPS) is 19.6. The molecule has 1 N–H and O–H groups in total. The number of carbonyl (C=O) groups excluding carboxylic acids is 1. The average molecular weight is 284 g/mol. The lowest BCUT2D eigenvalue weighted by molar-refractivity contribution is -0.138. The van der Waals surface area contributed by atoms with Gasteiger partial charge in [0.1, 0.15) is 11.1 Å². The topological polar surface area (TPSA) is 38.3 Å². The lowest BCUT2D eigenvalue weighted by Crippen LogP contribution is -2.27. The predicted molar refractivity (Wildman–Crippen MR) is 79.6 cm³/mol. The highest BCUT2D eigenvalue weighted by molar-refractivity contribution is 6.23. The first-order valence-electron chi connectivity index (χ1n) is 6.30. The number of rotatable bonds is 1. The van der Waals surface area contributed by atoms with Gasteiger partial charge in [0.05, 0.1) is 0 Å². The largest absolute Gasteiger partial charge is 0.462 e. The van der Waals surface area contributed by atoms with Gasteiger partial charge in [-0.05, 0) is 32.4 Å². The highest BCUT2D eigenvalue weighted by Gasteiger charge is 2.37. The molecule has 0 saturated carbocycles. The minimum Gasteiger partial charge on any atom is -0.462 e. The molecule has 0 aliphatic carbocycles. The molecule has 1 heterocycles. The molecule has 0 aromatic heterocycles. The van der Waals surface area contributed by atoms with Gasteiger partial charge in [0.25, 0.3) is 6.47 Å². The Morgan fingerprint density at radius 3 is 2.32 bits per heavy atom. The molecule has 4 heteroatoms. The fourth-order valence-corrected chi connectivity index (χ4v) is 2.00. The molecule has 1 aromatic rings. The van der Waals surface area contributed by atoms with Crippen molar-refractivity contribution in [2.24, 2.45) is 0 Å². The van der Waals surface area contributed by atoms with Crippen LogP contribution in [0, 0.1) is 0 Å². The molecule has 19 heavy (non-hydrogen) atoms. The van der Waals surface area contributed by atoms with Crippen molar-refractivity contribution < 1.29 is 9.53 Å². The van der Waals surface area contributed by atoms with E-state index in [9.17, 15) is 4.79 Å². The Hall–Kier alpha value is -1.22. The molecule has 1 atom stereocenters. The molecule has 0 fully saturated rings. The van der Waals surface area contributed by atoms with E-state index in [1.165, 1.54) is 11.3 Å². The van der Waals surface area contributed by atoms with Crippen LogP contribution < -0.4 is 5.32 Å². The molecule has 1 aliphatic rings. The van der Waals surface area contributed by atoms with Gasteiger partial charge >= 0.3 is 0 Å². The molecule has 0 spiro atoms. The predicted octanol–water partition coefficient (Wildman–Crippen LogP) is 3.91. The standard InChI is InChI=1S/C10H12ClN.C5H10O2/c1-10(2)7-5-3-4-6-8(7)12-9(10)11;1-5(2,3)7-4-6/h3-6,9,12H,1-2H3;4H,1-3H3. The van der Waals surface area contributed by atoms with Crippen molar-refractivity contribution in [3.05, 3.63) is 29.8 Å². The van der Waals surface area contributed by atoms with Crippen LogP contribution in [0.4, 0.5) is 5.69 Å². The van der Waals surface area contributed by atoms with Crippen molar-refractivity contribution in [2.45, 2.75) is 51.1 Å². The van der Waals surface area contributed by atoms with E-state index in [0.717, 1.165) is 0 Å². The maximum absolute atomic E-state index is 9.60. The van der Waals surface area contributed by atoms with Gasteiger partial charge in [-0.15, -0.1) is 0 Å². The fourth-order valence-electron chi connectivity index (χ4n) is 1.77. The Morgan fingerprint density at radius 2 is 1.89 bits per heavy atom. The summed E-state index contributed by atoms with van der Waals surface area (Å²) >= 11 is 6.16. The molecule has 0 amide bonds. The third-order valence-corrected chi connectivity index (χ3v) is 3.59. The summed E-state index contributed by atoms with van der Waals surface area (Å²) < 4.78 is 4.55. The Labute approximate surface area is 120 Å². The van der Waals surface area contributed by atoms with Gasteiger partial charge in [0.2, 0.25) is 0 Å². The number of halogens is 1. The molecule has 1 aliphatic heterocycles. The molecule has 1 aromatic carbocycles. The first-order valence-corrected chi connectivity index (χ1v) is 6.73. The summed E-state index contributed by atoms with van der Waals surface area (Å²) in [5, 5.41) is 3.25. The number of carbonyl (C=O) groups is 1. The van der Waals surface area contributed by atoms with E-state index in [4.69, 9.17) is 11.6 Å². The maximum atomic E-state index is 9.60.